The Morgan fingerprint density at radius 1 is 1.19 bits per heavy atom. The van der Waals surface area contributed by atoms with Crippen molar-refractivity contribution in [2.45, 2.75) is 25.0 Å². The number of ether oxygens (including phenoxy) is 1. The predicted octanol–water partition coefficient (Wildman–Crippen LogP) is 4.33. The number of nitro groups is 1. The predicted molar refractivity (Wildman–Crippen MR) is 117 cm³/mol. The van der Waals surface area contributed by atoms with Crippen LogP contribution in [0.2, 0.25) is 0 Å². The SMILES string of the molecule is CCCCOC(=O)c1ccc(NC(=O)CSc2nnc(-c3cccc([N+](=O)[O-])c3)o2)cc1. The van der Waals surface area contributed by atoms with Gasteiger partial charge in [-0.25, -0.2) is 4.79 Å². The number of non-ortho nitro benzene ring substituents is 1. The van der Waals surface area contributed by atoms with Crippen LogP contribution in [0.4, 0.5) is 11.4 Å². The molecule has 1 N–H and O–H groups in total. The Morgan fingerprint density at radius 3 is 2.69 bits per heavy atom. The van der Waals surface area contributed by atoms with Gasteiger partial charge < -0.3 is 14.5 Å². The maximum atomic E-state index is 12.2. The molecule has 0 spiro atoms. The second-order valence-electron chi connectivity index (χ2n) is 6.58. The first-order chi connectivity index (χ1) is 15.5. The molecule has 1 amide bonds. The highest BCUT2D eigenvalue weighted by Gasteiger charge is 2.14. The molecule has 1 heterocycles. The fourth-order valence-electron chi connectivity index (χ4n) is 2.54. The molecule has 0 aliphatic rings. The second-order valence-corrected chi connectivity index (χ2v) is 7.51. The van der Waals surface area contributed by atoms with Gasteiger partial charge in [0.25, 0.3) is 10.9 Å². The van der Waals surface area contributed by atoms with Crippen molar-refractivity contribution in [2.75, 3.05) is 17.7 Å². The van der Waals surface area contributed by atoms with E-state index in [0.29, 0.717) is 23.4 Å². The van der Waals surface area contributed by atoms with Gasteiger partial charge in [-0.1, -0.05) is 31.2 Å². The van der Waals surface area contributed by atoms with Crippen LogP contribution < -0.4 is 5.32 Å². The quantitative estimate of drug-likeness (QED) is 0.155. The minimum absolute atomic E-state index is 0.0113. The van der Waals surface area contributed by atoms with Gasteiger partial charge in [-0.3, -0.25) is 14.9 Å². The van der Waals surface area contributed by atoms with Crippen LogP contribution in [0.1, 0.15) is 30.1 Å². The lowest BCUT2D eigenvalue weighted by atomic mass is 10.2. The molecular formula is C21H20N4O6S. The van der Waals surface area contributed by atoms with Crippen LogP contribution in [0.5, 0.6) is 0 Å². The van der Waals surface area contributed by atoms with E-state index in [1.165, 1.54) is 18.2 Å². The van der Waals surface area contributed by atoms with Crippen molar-refractivity contribution < 1.29 is 23.7 Å². The third kappa shape index (κ3) is 6.38. The number of unbranched alkanes of at least 4 members (excludes halogenated alkanes) is 1. The van der Waals surface area contributed by atoms with Gasteiger partial charge in [0, 0.05) is 23.4 Å². The number of anilines is 1. The fraction of sp³-hybridized carbons (Fsp3) is 0.238. The zero-order chi connectivity index (χ0) is 22.9. The first-order valence-electron chi connectivity index (χ1n) is 9.74. The van der Waals surface area contributed by atoms with Gasteiger partial charge in [-0.05, 0) is 36.8 Å². The maximum absolute atomic E-state index is 12.2. The standard InChI is InChI=1S/C21H20N4O6S/c1-2-3-11-30-20(27)14-7-9-16(10-8-14)22-18(26)13-32-21-24-23-19(31-21)15-5-4-6-17(12-15)25(28)29/h4-10,12H,2-3,11,13H2,1H3,(H,22,26). The summed E-state index contributed by atoms with van der Waals surface area (Å²) < 4.78 is 10.6. The number of aromatic nitrogens is 2. The lowest BCUT2D eigenvalue weighted by molar-refractivity contribution is -0.384. The van der Waals surface area contributed by atoms with E-state index in [2.05, 4.69) is 15.5 Å². The van der Waals surface area contributed by atoms with Gasteiger partial charge >= 0.3 is 5.97 Å². The van der Waals surface area contributed by atoms with E-state index in [-0.39, 0.29) is 28.5 Å². The molecule has 1 aromatic heterocycles. The summed E-state index contributed by atoms with van der Waals surface area (Å²) in [4.78, 5) is 34.5. The Hall–Kier alpha value is -3.73. The van der Waals surface area contributed by atoms with E-state index in [1.807, 2.05) is 6.92 Å². The molecule has 3 aromatic rings. The average Bonchev–Trinajstić information content (AvgIpc) is 3.27. The molecule has 0 saturated heterocycles. The number of hydrogen-bond donors (Lipinski definition) is 1. The largest absolute Gasteiger partial charge is 0.462 e. The molecule has 0 unspecified atom stereocenters. The Kier molecular flexibility index (Phi) is 7.92. The Bertz CT molecular complexity index is 1100. The topological polar surface area (TPSA) is 137 Å². The zero-order valence-electron chi connectivity index (χ0n) is 17.1. The molecule has 0 aliphatic heterocycles. The number of rotatable bonds is 10. The van der Waals surface area contributed by atoms with Crippen molar-refractivity contribution in [1.82, 2.24) is 10.2 Å². The molecule has 11 heteroatoms. The number of nitrogens with one attached hydrogen (secondary N) is 1. The van der Waals surface area contributed by atoms with Crippen molar-refractivity contribution in [2.24, 2.45) is 0 Å². The van der Waals surface area contributed by atoms with Crippen LogP contribution >= 0.6 is 11.8 Å². The average molecular weight is 456 g/mol. The third-order valence-corrected chi connectivity index (χ3v) is 4.99. The summed E-state index contributed by atoms with van der Waals surface area (Å²) in [6.45, 7) is 2.39. The molecule has 0 bridgehead atoms. The highest BCUT2D eigenvalue weighted by molar-refractivity contribution is 7.99. The summed E-state index contributed by atoms with van der Waals surface area (Å²) in [5.74, 6) is -0.568. The molecule has 166 valence electrons. The van der Waals surface area contributed by atoms with Gasteiger partial charge in [0.2, 0.25) is 11.8 Å². The fourth-order valence-corrected chi connectivity index (χ4v) is 3.11. The summed E-state index contributed by atoms with van der Waals surface area (Å²) in [5, 5.41) is 21.5. The minimum Gasteiger partial charge on any atom is -0.462 e. The first-order valence-corrected chi connectivity index (χ1v) is 10.7. The van der Waals surface area contributed by atoms with Gasteiger partial charge in [0.1, 0.15) is 0 Å². The maximum Gasteiger partial charge on any atom is 0.338 e. The molecule has 3 rings (SSSR count). The first kappa shape index (κ1) is 22.9. The molecule has 0 aliphatic carbocycles. The van der Waals surface area contributed by atoms with E-state index in [0.717, 1.165) is 24.6 Å². The molecular weight excluding hydrogens is 436 g/mol. The van der Waals surface area contributed by atoms with Crippen LogP contribution in [-0.2, 0) is 9.53 Å². The Morgan fingerprint density at radius 2 is 1.97 bits per heavy atom. The van der Waals surface area contributed by atoms with Gasteiger partial charge in [-0.15, -0.1) is 10.2 Å². The number of nitro benzene ring substituents is 1. The lowest BCUT2D eigenvalue weighted by Gasteiger charge is -2.06. The number of amides is 1. The van der Waals surface area contributed by atoms with Gasteiger partial charge in [0.15, 0.2) is 0 Å². The number of benzene rings is 2. The Labute approximate surface area is 187 Å². The highest BCUT2D eigenvalue weighted by atomic mass is 32.2. The molecule has 10 nitrogen and oxygen atoms in total. The summed E-state index contributed by atoms with van der Waals surface area (Å²) in [6.07, 6.45) is 1.75. The summed E-state index contributed by atoms with van der Waals surface area (Å²) in [5.41, 5.74) is 1.27. The van der Waals surface area contributed by atoms with E-state index in [4.69, 9.17) is 9.15 Å². The van der Waals surface area contributed by atoms with Crippen molar-refractivity contribution in [1.29, 1.82) is 0 Å². The summed E-state index contributed by atoms with van der Waals surface area (Å²) >= 11 is 1.03. The van der Waals surface area contributed by atoms with Crippen molar-refractivity contribution >= 4 is 35.0 Å². The monoisotopic (exact) mass is 456 g/mol. The molecule has 0 saturated carbocycles. The minimum atomic E-state index is -0.512. The smallest absolute Gasteiger partial charge is 0.338 e. The number of thioether (sulfide) groups is 1. The molecule has 0 atom stereocenters. The molecule has 0 fully saturated rings. The number of carbonyl (C=O) groups is 2. The lowest BCUT2D eigenvalue weighted by Crippen LogP contribution is -2.14. The zero-order valence-corrected chi connectivity index (χ0v) is 18.0. The Balaban J connectivity index is 1.51. The van der Waals surface area contributed by atoms with Gasteiger partial charge in [0.05, 0.1) is 22.8 Å². The summed E-state index contributed by atoms with van der Waals surface area (Å²) in [6, 6.07) is 12.2. The number of esters is 1. The van der Waals surface area contributed by atoms with Crippen molar-refractivity contribution in [3.63, 3.8) is 0 Å². The van der Waals surface area contributed by atoms with E-state index in [1.54, 1.807) is 30.3 Å². The second kappa shape index (κ2) is 11.0. The van der Waals surface area contributed by atoms with Crippen LogP contribution in [-0.4, -0.2) is 39.4 Å². The third-order valence-electron chi connectivity index (χ3n) is 4.17. The number of carbonyl (C=O) groups excluding carboxylic acids is 2. The van der Waals surface area contributed by atoms with E-state index in [9.17, 15) is 19.7 Å². The van der Waals surface area contributed by atoms with Crippen LogP contribution in [0.25, 0.3) is 11.5 Å². The molecule has 32 heavy (non-hydrogen) atoms. The summed E-state index contributed by atoms with van der Waals surface area (Å²) in [7, 11) is 0. The van der Waals surface area contributed by atoms with E-state index >= 15 is 0 Å². The number of hydrogen-bond acceptors (Lipinski definition) is 9. The van der Waals surface area contributed by atoms with Crippen molar-refractivity contribution in [3.8, 4) is 11.5 Å². The van der Waals surface area contributed by atoms with E-state index < -0.39 is 10.9 Å². The van der Waals surface area contributed by atoms with Gasteiger partial charge in [-0.2, -0.15) is 0 Å². The number of nitrogens with zero attached hydrogens (tertiary/aromatic N) is 3. The molecule has 0 radical (unpaired) electrons. The molecule has 2 aromatic carbocycles. The van der Waals surface area contributed by atoms with Crippen LogP contribution in [0.3, 0.4) is 0 Å². The van der Waals surface area contributed by atoms with Crippen LogP contribution in [0, 0.1) is 10.1 Å². The van der Waals surface area contributed by atoms with Crippen molar-refractivity contribution in [3.05, 3.63) is 64.2 Å². The highest BCUT2D eigenvalue weighted by Crippen LogP contribution is 2.26. The normalized spacial score (nSPS) is 10.5. The van der Waals surface area contributed by atoms with Crippen LogP contribution in [0.15, 0.2) is 58.2 Å².